The summed E-state index contributed by atoms with van der Waals surface area (Å²) in [5, 5.41) is 2.87. The van der Waals surface area contributed by atoms with Gasteiger partial charge < -0.3 is 14.8 Å². The highest BCUT2D eigenvalue weighted by Crippen LogP contribution is 2.17. The van der Waals surface area contributed by atoms with Crippen LogP contribution in [0.2, 0.25) is 0 Å². The first-order chi connectivity index (χ1) is 10.1. The van der Waals surface area contributed by atoms with Gasteiger partial charge in [0.25, 0.3) is 5.91 Å². The van der Waals surface area contributed by atoms with Crippen molar-refractivity contribution in [3.8, 4) is 5.75 Å². The van der Waals surface area contributed by atoms with E-state index in [2.05, 4.69) is 5.32 Å². The van der Waals surface area contributed by atoms with E-state index in [1.54, 1.807) is 19.1 Å². The molecule has 0 aliphatic heterocycles. The van der Waals surface area contributed by atoms with E-state index >= 15 is 0 Å². The fourth-order valence-electron chi connectivity index (χ4n) is 2.34. The summed E-state index contributed by atoms with van der Waals surface area (Å²) in [5.74, 6) is -0.194. The average Bonchev–Trinajstić information content (AvgIpc) is 2.98. The van der Waals surface area contributed by atoms with Crippen LogP contribution < -0.4 is 10.1 Å². The van der Waals surface area contributed by atoms with Crippen LogP contribution >= 0.6 is 0 Å². The molecule has 1 aromatic carbocycles. The highest BCUT2D eigenvalue weighted by atomic mass is 16.6. The first-order valence-corrected chi connectivity index (χ1v) is 7.33. The minimum Gasteiger partial charge on any atom is -0.479 e. The van der Waals surface area contributed by atoms with Crippen LogP contribution in [0.3, 0.4) is 0 Å². The zero-order valence-electron chi connectivity index (χ0n) is 12.2. The Labute approximate surface area is 124 Å². The van der Waals surface area contributed by atoms with Gasteiger partial charge in [0.1, 0.15) is 5.75 Å². The Morgan fingerprint density at radius 3 is 2.57 bits per heavy atom. The van der Waals surface area contributed by atoms with Crippen molar-refractivity contribution in [1.82, 2.24) is 5.32 Å². The highest BCUT2D eigenvalue weighted by Gasteiger charge is 2.20. The number of rotatable bonds is 6. The van der Waals surface area contributed by atoms with Crippen LogP contribution in [0.4, 0.5) is 0 Å². The van der Waals surface area contributed by atoms with E-state index in [4.69, 9.17) is 9.47 Å². The van der Waals surface area contributed by atoms with Gasteiger partial charge in [-0.25, -0.2) is 4.79 Å². The van der Waals surface area contributed by atoms with Crippen molar-refractivity contribution in [2.75, 3.05) is 6.61 Å². The van der Waals surface area contributed by atoms with E-state index in [9.17, 15) is 9.59 Å². The van der Waals surface area contributed by atoms with Crippen molar-refractivity contribution >= 4 is 11.9 Å². The maximum absolute atomic E-state index is 11.8. The molecule has 0 spiro atoms. The molecule has 0 bridgehead atoms. The zero-order chi connectivity index (χ0) is 15.1. The van der Waals surface area contributed by atoms with Crippen LogP contribution in [0.5, 0.6) is 5.75 Å². The predicted molar refractivity (Wildman–Crippen MR) is 77.9 cm³/mol. The molecule has 0 unspecified atom stereocenters. The smallest absolute Gasteiger partial charge is 0.347 e. The molecule has 1 aliphatic rings. The van der Waals surface area contributed by atoms with Gasteiger partial charge in [-0.15, -0.1) is 0 Å². The van der Waals surface area contributed by atoms with Gasteiger partial charge in [-0.2, -0.15) is 0 Å². The van der Waals surface area contributed by atoms with Crippen LogP contribution in [-0.4, -0.2) is 30.6 Å². The highest BCUT2D eigenvalue weighted by molar-refractivity contribution is 5.82. The summed E-state index contributed by atoms with van der Waals surface area (Å²) in [6.45, 7) is 1.35. The number of carbonyl (C=O) groups is 2. The lowest BCUT2D eigenvalue weighted by Crippen LogP contribution is -2.37. The number of benzene rings is 1. The molecule has 1 atom stereocenters. The second-order valence-electron chi connectivity index (χ2n) is 5.23. The Balaban J connectivity index is 1.69. The van der Waals surface area contributed by atoms with Gasteiger partial charge in [0, 0.05) is 6.04 Å². The molecule has 1 aliphatic carbocycles. The predicted octanol–water partition coefficient (Wildman–Crippen LogP) is 2.06. The third-order valence-electron chi connectivity index (χ3n) is 3.45. The third kappa shape index (κ3) is 5.10. The van der Waals surface area contributed by atoms with E-state index in [0.717, 1.165) is 25.7 Å². The molecule has 1 saturated carbocycles. The molecule has 114 valence electrons. The Morgan fingerprint density at radius 2 is 1.90 bits per heavy atom. The first-order valence-electron chi connectivity index (χ1n) is 7.33. The van der Waals surface area contributed by atoms with Crippen molar-refractivity contribution in [2.45, 2.75) is 44.8 Å². The summed E-state index contributed by atoms with van der Waals surface area (Å²) >= 11 is 0. The molecule has 0 saturated heterocycles. The van der Waals surface area contributed by atoms with Crippen molar-refractivity contribution in [3.05, 3.63) is 30.3 Å². The van der Waals surface area contributed by atoms with Crippen LogP contribution in [0, 0.1) is 0 Å². The lowest BCUT2D eigenvalue weighted by atomic mass is 10.2. The van der Waals surface area contributed by atoms with Gasteiger partial charge in [0.05, 0.1) is 0 Å². The van der Waals surface area contributed by atoms with E-state index in [1.807, 2.05) is 18.2 Å². The van der Waals surface area contributed by atoms with Gasteiger partial charge in [0.15, 0.2) is 12.7 Å². The molecule has 1 N–H and O–H groups in total. The lowest BCUT2D eigenvalue weighted by molar-refractivity contribution is -0.154. The van der Waals surface area contributed by atoms with Gasteiger partial charge in [-0.1, -0.05) is 31.0 Å². The first kappa shape index (κ1) is 15.4. The maximum atomic E-state index is 11.8. The molecule has 0 radical (unpaired) electrons. The van der Waals surface area contributed by atoms with Crippen LogP contribution in [-0.2, 0) is 14.3 Å². The molecule has 1 amide bonds. The Kier molecular flexibility index (Phi) is 5.60. The molecule has 1 aromatic rings. The largest absolute Gasteiger partial charge is 0.479 e. The topological polar surface area (TPSA) is 64.6 Å². The van der Waals surface area contributed by atoms with E-state index < -0.39 is 12.1 Å². The van der Waals surface area contributed by atoms with Crippen molar-refractivity contribution in [1.29, 1.82) is 0 Å². The lowest BCUT2D eigenvalue weighted by Gasteiger charge is -2.15. The van der Waals surface area contributed by atoms with Crippen molar-refractivity contribution in [3.63, 3.8) is 0 Å². The number of amides is 1. The van der Waals surface area contributed by atoms with Crippen molar-refractivity contribution in [2.24, 2.45) is 0 Å². The number of hydrogen-bond donors (Lipinski definition) is 1. The van der Waals surface area contributed by atoms with Crippen molar-refractivity contribution < 1.29 is 19.1 Å². The van der Waals surface area contributed by atoms with Crippen LogP contribution in [0.15, 0.2) is 30.3 Å². The summed E-state index contributed by atoms with van der Waals surface area (Å²) in [6, 6.07) is 9.26. The molecule has 5 heteroatoms. The minimum atomic E-state index is -0.744. The Morgan fingerprint density at radius 1 is 1.24 bits per heavy atom. The summed E-state index contributed by atoms with van der Waals surface area (Å²) < 4.78 is 10.4. The summed E-state index contributed by atoms with van der Waals surface area (Å²) in [7, 11) is 0. The van der Waals surface area contributed by atoms with Gasteiger partial charge in [0.2, 0.25) is 0 Å². The second-order valence-corrected chi connectivity index (χ2v) is 5.23. The van der Waals surface area contributed by atoms with Gasteiger partial charge >= 0.3 is 5.97 Å². The molecule has 5 nitrogen and oxygen atoms in total. The van der Waals surface area contributed by atoms with E-state index in [0.29, 0.717) is 5.75 Å². The standard InChI is InChI=1S/C16H21NO4/c1-12(21-14-9-3-2-4-10-14)16(19)20-11-15(18)17-13-7-5-6-8-13/h2-4,9-10,12-13H,5-8,11H2,1H3,(H,17,18)/t12-/m0/s1. The third-order valence-corrected chi connectivity index (χ3v) is 3.45. The quantitative estimate of drug-likeness (QED) is 0.815. The summed E-state index contributed by atoms with van der Waals surface area (Å²) in [4.78, 5) is 23.4. The van der Waals surface area contributed by atoms with Crippen LogP contribution in [0.25, 0.3) is 0 Å². The number of hydrogen-bond acceptors (Lipinski definition) is 4. The number of para-hydroxylation sites is 1. The second kappa shape index (κ2) is 7.67. The monoisotopic (exact) mass is 291 g/mol. The molecule has 1 fully saturated rings. The number of nitrogens with one attached hydrogen (secondary N) is 1. The average molecular weight is 291 g/mol. The van der Waals surface area contributed by atoms with E-state index in [1.165, 1.54) is 0 Å². The van der Waals surface area contributed by atoms with Gasteiger partial charge in [-0.05, 0) is 31.9 Å². The Hall–Kier alpha value is -2.04. The molecule has 0 aromatic heterocycles. The zero-order valence-corrected chi connectivity index (χ0v) is 12.2. The molecular weight excluding hydrogens is 270 g/mol. The molecular formula is C16H21NO4. The minimum absolute atomic E-state index is 0.231. The number of ether oxygens (including phenoxy) is 2. The summed E-state index contributed by atoms with van der Waals surface area (Å²) in [5.41, 5.74) is 0. The van der Waals surface area contributed by atoms with Crippen LogP contribution in [0.1, 0.15) is 32.6 Å². The molecule has 2 rings (SSSR count). The maximum Gasteiger partial charge on any atom is 0.347 e. The van der Waals surface area contributed by atoms with Gasteiger partial charge in [-0.3, -0.25) is 4.79 Å². The Bertz CT molecular complexity index is 468. The molecule has 21 heavy (non-hydrogen) atoms. The number of carbonyl (C=O) groups excluding carboxylic acids is 2. The SMILES string of the molecule is C[C@H](Oc1ccccc1)C(=O)OCC(=O)NC1CCCC1. The fourth-order valence-corrected chi connectivity index (χ4v) is 2.34. The number of esters is 1. The molecule has 0 heterocycles. The van der Waals surface area contributed by atoms with E-state index in [-0.39, 0.29) is 18.6 Å². The normalized spacial score (nSPS) is 16.2. The summed E-state index contributed by atoms with van der Waals surface area (Å²) in [6.07, 6.45) is 3.56. The fraction of sp³-hybridized carbons (Fsp3) is 0.500.